The van der Waals surface area contributed by atoms with Gasteiger partial charge >= 0.3 is 11.9 Å². The number of carboxylic acids is 2. The molecule has 0 unspecified atom stereocenters. The smallest absolute Gasteiger partial charge is 0.326 e. The van der Waals surface area contributed by atoms with E-state index < -0.39 is 109 Å². The summed E-state index contributed by atoms with van der Waals surface area (Å²) in [6, 6.07) is -3.69. The van der Waals surface area contributed by atoms with E-state index in [1.807, 2.05) is 0 Å². The third-order valence-corrected chi connectivity index (χ3v) is 10.6. The first kappa shape index (κ1) is 53.5. The van der Waals surface area contributed by atoms with Gasteiger partial charge in [0.2, 0.25) is 41.4 Å². The van der Waals surface area contributed by atoms with E-state index in [-0.39, 0.29) is 70.5 Å². The number of aliphatic carboxylic acids is 2. The Bertz CT molecular complexity index is 2040. The fraction of sp³-hybridized carbons (Fsp3) is 0.561. The molecule has 364 valence electrons. The SMILES string of the molecule is NCCCC[C@H](NC(=O)[C@H]1CCC(=O)NCCCC[C@@H](N)C(=O)N[C@@H](CO)C(=O)N[C@@H](CCCN=C(N)N)C(=O)N[C@@H](Cc2c[nH]c3ccccc23)C(=O)N[C@@H](CC(=O)O)C(=O)N1)C(=O)O. The molecule has 1 aromatic heterocycles. The number of aromatic amines is 1. The predicted octanol–water partition coefficient (Wildman–Crippen LogP) is -4.24. The summed E-state index contributed by atoms with van der Waals surface area (Å²) in [6.45, 7) is -0.521. The first-order valence-corrected chi connectivity index (χ1v) is 21.6. The van der Waals surface area contributed by atoms with Gasteiger partial charge < -0.3 is 80.5 Å². The summed E-state index contributed by atoms with van der Waals surface area (Å²) in [5.41, 5.74) is 23.7. The Kier molecular flexibility index (Phi) is 22.3. The minimum Gasteiger partial charge on any atom is -0.481 e. The van der Waals surface area contributed by atoms with E-state index in [0.29, 0.717) is 42.1 Å². The van der Waals surface area contributed by atoms with Crippen LogP contribution in [-0.4, -0.2) is 148 Å². The number of nitrogens with two attached hydrogens (primary N) is 4. The maximum atomic E-state index is 14.3. The molecule has 0 radical (unpaired) electrons. The zero-order valence-corrected chi connectivity index (χ0v) is 36.5. The molecular weight excluding hydrogens is 867 g/mol. The van der Waals surface area contributed by atoms with Crippen molar-refractivity contribution in [1.29, 1.82) is 0 Å². The number of amides is 7. The van der Waals surface area contributed by atoms with Gasteiger partial charge in [-0.3, -0.25) is 43.3 Å². The van der Waals surface area contributed by atoms with Crippen LogP contribution in [-0.2, 0) is 49.6 Å². The Morgan fingerprint density at radius 2 is 1.45 bits per heavy atom. The summed E-state index contributed by atoms with van der Waals surface area (Å²) < 4.78 is 0. The van der Waals surface area contributed by atoms with Gasteiger partial charge in [-0.1, -0.05) is 18.2 Å². The summed E-state index contributed by atoms with van der Waals surface area (Å²) >= 11 is 0. The number of aromatic nitrogens is 1. The number of fused-ring (bicyclic) bond motifs is 1. The van der Waals surface area contributed by atoms with E-state index in [9.17, 15) is 58.5 Å². The van der Waals surface area contributed by atoms with Crippen LogP contribution in [0.2, 0.25) is 0 Å². The molecule has 1 fully saturated rings. The monoisotopic (exact) mass is 929 g/mol. The Morgan fingerprint density at radius 1 is 0.803 bits per heavy atom. The maximum absolute atomic E-state index is 14.3. The maximum Gasteiger partial charge on any atom is 0.326 e. The highest BCUT2D eigenvalue weighted by atomic mass is 16.4. The molecule has 7 atom stereocenters. The highest BCUT2D eigenvalue weighted by Crippen LogP contribution is 2.20. The molecule has 0 saturated carbocycles. The molecule has 1 saturated heterocycles. The summed E-state index contributed by atoms with van der Waals surface area (Å²) in [5, 5.41) is 47.6. The van der Waals surface area contributed by atoms with Crippen molar-refractivity contribution in [2.45, 2.75) is 119 Å². The fourth-order valence-electron chi connectivity index (χ4n) is 6.95. The molecule has 3 rings (SSSR count). The lowest BCUT2D eigenvalue weighted by atomic mass is 10.0. The number of aliphatic hydroxyl groups excluding tert-OH is 1. The van der Waals surface area contributed by atoms with Crippen molar-refractivity contribution in [3.63, 3.8) is 0 Å². The molecule has 25 nitrogen and oxygen atoms in total. The highest BCUT2D eigenvalue weighted by Gasteiger charge is 2.35. The van der Waals surface area contributed by atoms with Crippen LogP contribution < -0.4 is 60.2 Å². The van der Waals surface area contributed by atoms with Crippen LogP contribution in [0, 0.1) is 0 Å². The molecule has 19 N–H and O–H groups in total. The number of benzene rings is 1. The van der Waals surface area contributed by atoms with Crippen LogP contribution in [0.25, 0.3) is 10.9 Å². The lowest BCUT2D eigenvalue weighted by Gasteiger charge is -2.27. The van der Waals surface area contributed by atoms with E-state index in [1.165, 1.54) is 0 Å². The molecular formula is C41H63N13O12. The van der Waals surface area contributed by atoms with Crippen LogP contribution in [0.15, 0.2) is 35.5 Å². The zero-order chi connectivity index (χ0) is 48.8. The largest absolute Gasteiger partial charge is 0.481 e. The first-order valence-electron chi connectivity index (χ1n) is 21.6. The number of rotatable bonds is 16. The second kappa shape index (κ2) is 27.5. The fourth-order valence-corrected chi connectivity index (χ4v) is 6.95. The summed E-state index contributed by atoms with van der Waals surface area (Å²) in [5.74, 6) is -9.75. The summed E-state index contributed by atoms with van der Waals surface area (Å²) in [4.78, 5) is 127. The standard InChI is InChI=1S/C41H63N13O12/c42-15-5-3-11-28(40(65)66)51-36(61)27-13-14-32(56)46-16-6-4-9-24(43)34(59)54-31(21-55)39(64)49-26(12-7-17-47-41(44)45)35(60)52-29(18-22-20-48-25-10-2-1-8-23(22)25)37(62)53-30(19-33(57)58)38(63)50-27/h1-2,8,10,20,24,26-31,48,55H,3-7,9,11-19,21,42-43H2,(H,46,56)(H,49,64)(H,50,63)(H,51,61)(H,52,60)(H,53,62)(H,54,59)(H,57,58)(H,65,66)(H4,44,45,47)/t24-,26+,27-,28+,29+,30+,31+/m1/s1. The number of guanidine groups is 1. The Hall–Kier alpha value is -6.86. The molecule has 1 aliphatic heterocycles. The molecule has 66 heavy (non-hydrogen) atoms. The third-order valence-electron chi connectivity index (χ3n) is 10.6. The Labute approximate surface area is 379 Å². The number of carboxylic acid groups (broad SMARTS) is 2. The van der Waals surface area contributed by atoms with Gasteiger partial charge in [0, 0.05) is 43.0 Å². The third kappa shape index (κ3) is 18.0. The lowest BCUT2D eigenvalue weighted by Crippen LogP contribution is -2.60. The summed E-state index contributed by atoms with van der Waals surface area (Å²) in [6.07, 6.45) is 1.00. The molecule has 1 aromatic carbocycles. The normalized spacial score (nSPS) is 22.8. The lowest BCUT2D eigenvalue weighted by molar-refractivity contribution is -0.143. The molecule has 2 aromatic rings. The molecule has 7 amide bonds. The minimum absolute atomic E-state index is 0.0101. The quantitative estimate of drug-likeness (QED) is 0.0431. The summed E-state index contributed by atoms with van der Waals surface area (Å²) in [7, 11) is 0. The van der Waals surface area contributed by atoms with Gasteiger partial charge in [0.25, 0.3) is 0 Å². The van der Waals surface area contributed by atoms with Crippen molar-refractivity contribution in [3.05, 3.63) is 36.0 Å². The number of aliphatic imine (C=N–C) groups is 1. The highest BCUT2D eigenvalue weighted by molar-refractivity contribution is 5.98. The van der Waals surface area contributed by atoms with Crippen LogP contribution >= 0.6 is 0 Å². The number of unbranched alkanes of at least 4 members (excludes halogenated alkanes) is 1. The van der Waals surface area contributed by atoms with Crippen molar-refractivity contribution in [2.24, 2.45) is 27.9 Å². The number of hydrogen-bond donors (Lipinski definition) is 15. The average Bonchev–Trinajstić information content (AvgIpc) is 3.68. The minimum atomic E-state index is -1.90. The van der Waals surface area contributed by atoms with E-state index in [2.05, 4.69) is 47.2 Å². The number of H-pyrrole nitrogens is 1. The number of para-hydroxylation sites is 1. The van der Waals surface area contributed by atoms with Gasteiger partial charge in [0.05, 0.1) is 19.1 Å². The van der Waals surface area contributed by atoms with Crippen LogP contribution in [0.5, 0.6) is 0 Å². The van der Waals surface area contributed by atoms with Crippen molar-refractivity contribution in [3.8, 4) is 0 Å². The number of aliphatic hydroxyl groups is 1. The van der Waals surface area contributed by atoms with E-state index in [0.717, 1.165) is 0 Å². The number of hydrogen-bond acceptors (Lipinski definition) is 13. The van der Waals surface area contributed by atoms with Gasteiger partial charge in [0.15, 0.2) is 5.96 Å². The molecule has 25 heteroatoms. The molecule has 0 spiro atoms. The number of carbonyl (C=O) groups is 9. The number of nitrogens with zero attached hydrogens (tertiary/aromatic N) is 1. The van der Waals surface area contributed by atoms with Crippen molar-refractivity contribution in [2.75, 3.05) is 26.2 Å². The zero-order valence-electron chi connectivity index (χ0n) is 36.5. The number of nitrogens with one attached hydrogen (secondary N) is 8. The topological polar surface area (TPSA) is 431 Å². The van der Waals surface area contributed by atoms with Crippen LogP contribution in [0.4, 0.5) is 0 Å². The van der Waals surface area contributed by atoms with Crippen LogP contribution in [0.1, 0.15) is 76.2 Å². The van der Waals surface area contributed by atoms with Crippen LogP contribution in [0.3, 0.4) is 0 Å². The first-order chi connectivity index (χ1) is 31.4. The van der Waals surface area contributed by atoms with Crippen molar-refractivity contribution in [1.82, 2.24) is 42.2 Å². The van der Waals surface area contributed by atoms with Gasteiger partial charge in [-0.15, -0.1) is 0 Å². The van der Waals surface area contributed by atoms with Crippen molar-refractivity contribution >= 4 is 70.2 Å². The second-order valence-electron chi connectivity index (χ2n) is 15.8. The molecule has 1 aliphatic rings. The van der Waals surface area contributed by atoms with Gasteiger partial charge in [0.1, 0.15) is 36.3 Å². The molecule has 2 heterocycles. The van der Waals surface area contributed by atoms with E-state index in [4.69, 9.17) is 22.9 Å². The van der Waals surface area contributed by atoms with Gasteiger partial charge in [-0.2, -0.15) is 0 Å². The Balaban J connectivity index is 2.08. The van der Waals surface area contributed by atoms with Gasteiger partial charge in [-0.25, -0.2) is 4.79 Å². The average molecular weight is 930 g/mol. The van der Waals surface area contributed by atoms with Gasteiger partial charge in [-0.05, 0) is 76.0 Å². The second-order valence-corrected chi connectivity index (χ2v) is 15.8. The van der Waals surface area contributed by atoms with E-state index >= 15 is 0 Å². The Morgan fingerprint density at radius 3 is 2.14 bits per heavy atom. The van der Waals surface area contributed by atoms with E-state index in [1.54, 1.807) is 30.5 Å². The van der Waals surface area contributed by atoms with Crippen molar-refractivity contribution < 1.29 is 58.5 Å². The number of carbonyl (C=O) groups excluding carboxylic acids is 7. The molecule has 0 bridgehead atoms. The molecule has 0 aliphatic carbocycles. The predicted molar refractivity (Wildman–Crippen MR) is 237 cm³/mol.